The van der Waals surface area contributed by atoms with E-state index in [1.165, 1.54) is 11.1 Å². The Labute approximate surface area is 65.4 Å². The Morgan fingerprint density at radius 1 is 1.18 bits per heavy atom. The third-order valence-corrected chi connectivity index (χ3v) is 1.94. The molecule has 0 heterocycles. The third kappa shape index (κ3) is 0.891. The summed E-state index contributed by atoms with van der Waals surface area (Å²) >= 11 is 0. The van der Waals surface area contributed by atoms with Gasteiger partial charge in [0.15, 0.2) is 5.78 Å². The van der Waals surface area contributed by atoms with Crippen LogP contribution in [-0.4, -0.2) is 5.78 Å². The lowest BCUT2D eigenvalue weighted by molar-refractivity contribution is 0.101. The molecule has 1 aromatic rings. The van der Waals surface area contributed by atoms with Crippen LogP contribution in [0.2, 0.25) is 0 Å². The van der Waals surface area contributed by atoms with Crippen molar-refractivity contribution in [2.75, 3.05) is 0 Å². The van der Waals surface area contributed by atoms with Crippen molar-refractivity contribution < 1.29 is 4.79 Å². The molecule has 0 saturated carbocycles. The predicted octanol–water partition coefficient (Wildman–Crippen LogP) is 2.37. The molecule has 0 atom stereocenters. The Kier molecular flexibility index (Phi) is 1.19. The molecule has 0 amide bonds. The second-order valence-electron chi connectivity index (χ2n) is 2.73. The summed E-state index contributed by atoms with van der Waals surface area (Å²) in [6, 6.07) is 5.77. The van der Waals surface area contributed by atoms with Gasteiger partial charge in [-0.25, -0.2) is 0 Å². The van der Waals surface area contributed by atoms with Crippen LogP contribution < -0.4 is 0 Å². The predicted molar refractivity (Wildman–Crippen MR) is 45.4 cm³/mol. The van der Waals surface area contributed by atoms with Crippen LogP contribution >= 0.6 is 0 Å². The lowest BCUT2D eigenvalue weighted by Crippen LogP contribution is -1.96. The largest absolute Gasteiger partial charge is 0.295 e. The van der Waals surface area contributed by atoms with E-state index in [4.69, 9.17) is 0 Å². The molecular weight excluding hydrogens is 136 g/mol. The fourth-order valence-corrected chi connectivity index (χ4v) is 1.17. The van der Waals surface area contributed by atoms with Crippen LogP contribution in [-0.2, 0) is 0 Å². The number of ketones is 1. The minimum absolute atomic E-state index is 0.133. The van der Waals surface area contributed by atoms with Gasteiger partial charge in [0.2, 0.25) is 0 Å². The van der Waals surface area contributed by atoms with Gasteiger partial charge in [0.25, 0.3) is 0 Å². The average Bonchev–Trinajstić information content (AvgIpc) is 1.91. The molecule has 0 saturated heterocycles. The maximum atomic E-state index is 10.9. The van der Waals surface area contributed by atoms with E-state index in [9.17, 15) is 4.79 Å². The zero-order valence-corrected chi connectivity index (χ0v) is 6.29. The summed E-state index contributed by atoms with van der Waals surface area (Å²) in [6.45, 7) is 1.59. The molecule has 54 valence electrons. The molecule has 1 aliphatic carbocycles. The molecule has 0 radical (unpaired) electrons. The van der Waals surface area contributed by atoms with Crippen molar-refractivity contribution in [3.63, 3.8) is 0 Å². The molecule has 0 bridgehead atoms. The molecule has 1 aliphatic rings. The highest BCUT2D eigenvalue weighted by Gasteiger charge is 2.07. The number of benzene rings is 1. The van der Waals surface area contributed by atoms with E-state index < -0.39 is 0 Å². The maximum absolute atomic E-state index is 10.9. The third-order valence-electron chi connectivity index (χ3n) is 1.94. The normalized spacial score (nSPS) is 12.1. The van der Waals surface area contributed by atoms with E-state index in [0.717, 1.165) is 5.56 Å². The Balaban J connectivity index is 2.50. The van der Waals surface area contributed by atoms with Crippen molar-refractivity contribution in [1.82, 2.24) is 0 Å². The van der Waals surface area contributed by atoms with E-state index >= 15 is 0 Å². The lowest BCUT2D eigenvalue weighted by atomic mass is 9.95. The van der Waals surface area contributed by atoms with E-state index in [1.807, 2.05) is 30.4 Å². The van der Waals surface area contributed by atoms with Crippen molar-refractivity contribution in [2.45, 2.75) is 6.92 Å². The van der Waals surface area contributed by atoms with Gasteiger partial charge in [-0.05, 0) is 24.1 Å². The van der Waals surface area contributed by atoms with Crippen molar-refractivity contribution in [2.24, 2.45) is 0 Å². The fourth-order valence-electron chi connectivity index (χ4n) is 1.17. The van der Waals surface area contributed by atoms with Gasteiger partial charge in [-0.1, -0.05) is 24.3 Å². The van der Waals surface area contributed by atoms with Gasteiger partial charge in [0.1, 0.15) is 0 Å². The molecule has 0 fully saturated rings. The molecule has 1 nitrogen and oxygen atoms in total. The second kappa shape index (κ2) is 2.06. The van der Waals surface area contributed by atoms with E-state index in [0.29, 0.717) is 0 Å². The summed E-state index contributed by atoms with van der Waals surface area (Å²) in [5.41, 5.74) is 3.21. The number of hydrogen-bond acceptors (Lipinski definition) is 1. The highest BCUT2D eigenvalue weighted by atomic mass is 16.1. The van der Waals surface area contributed by atoms with Crippen LogP contribution in [0.4, 0.5) is 0 Å². The zero-order chi connectivity index (χ0) is 7.84. The van der Waals surface area contributed by atoms with Crippen LogP contribution in [0.15, 0.2) is 18.2 Å². The molecule has 0 N–H and O–H groups in total. The van der Waals surface area contributed by atoms with Crippen LogP contribution in [0, 0.1) is 0 Å². The molecular formula is C10H8O. The monoisotopic (exact) mass is 144 g/mol. The van der Waals surface area contributed by atoms with Crippen LogP contribution in [0.5, 0.6) is 0 Å². The van der Waals surface area contributed by atoms with Crippen LogP contribution in [0.3, 0.4) is 0 Å². The zero-order valence-electron chi connectivity index (χ0n) is 6.29. The summed E-state index contributed by atoms with van der Waals surface area (Å²) < 4.78 is 0. The van der Waals surface area contributed by atoms with Crippen LogP contribution in [0.1, 0.15) is 28.4 Å². The smallest absolute Gasteiger partial charge is 0.159 e. The quantitative estimate of drug-likeness (QED) is 0.561. The minimum atomic E-state index is 0.133. The van der Waals surface area contributed by atoms with Gasteiger partial charge >= 0.3 is 0 Å². The van der Waals surface area contributed by atoms with Crippen molar-refractivity contribution in [1.29, 1.82) is 0 Å². The van der Waals surface area contributed by atoms with Gasteiger partial charge in [0.05, 0.1) is 0 Å². The highest BCUT2D eigenvalue weighted by Crippen LogP contribution is 2.24. The topological polar surface area (TPSA) is 17.1 Å². The first kappa shape index (κ1) is 6.35. The molecule has 0 aromatic heterocycles. The minimum Gasteiger partial charge on any atom is -0.295 e. The second-order valence-corrected chi connectivity index (χ2v) is 2.73. The Morgan fingerprint density at radius 2 is 1.91 bits per heavy atom. The molecule has 11 heavy (non-hydrogen) atoms. The van der Waals surface area contributed by atoms with E-state index in [1.54, 1.807) is 6.92 Å². The molecule has 1 aromatic carbocycles. The van der Waals surface area contributed by atoms with Crippen molar-refractivity contribution in [3.8, 4) is 0 Å². The van der Waals surface area contributed by atoms with E-state index in [2.05, 4.69) is 0 Å². The maximum Gasteiger partial charge on any atom is 0.159 e. The number of carbonyl (C=O) groups is 1. The van der Waals surface area contributed by atoms with Gasteiger partial charge in [-0.15, -0.1) is 0 Å². The van der Waals surface area contributed by atoms with Gasteiger partial charge in [-0.3, -0.25) is 4.79 Å². The number of carbonyl (C=O) groups excluding carboxylic acids is 1. The summed E-state index contributed by atoms with van der Waals surface area (Å²) in [7, 11) is 0. The van der Waals surface area contributed by atoms with Gasteiger partial charge in [0, 0.05) is 5.56 Å². The Morgan fingerprint density at radius 3 is 2.36 bits per heavy atom. The molecule has 0 aliphatic heterocycles. The summed E-state index contributed by atoms with van der Waals surface area (Å²) in [5, 5.41) is 0. The fraction of sp³-hybridized carbons (Fsp3) is 0.100. The first-order valence-electron chi connectivity index (χ1n) is 3.60. The summed E-state index contributed by atoms with van der Waals surface area (Å²) in [4.78, 5) is 10.9. The van der Waals surface area contributed by atoms with Crippen LogP contribution in [0.25, 0.3) is 12.2 Å². The standard InChI is InChI=1S/C10H8O/c1-7(11)9-4-2-8-3-5-10(8)6-9/h2-6H,1H3. The first-order chi connectivity index (χ1) is 5.27. The number of Topliss-reactive ketones (excluding diaryl/α,β-unsaturated/α-hetero) is 1. The van der Waals surface area contributed by atoms with Gasteiger partial charge < -0.3 is 0 Å². The molecule has 1 heteroatoms. The number of rotatable bonds is 1. The Bertz CT molecular complexity index is 348. The van der Waals surface area contributed by atoms with Crippen molar-refractivity contribution >= 4 is 17.9 Å². The highest BCUT2D eigenvalue weighted by molar-refractivity contribution is 5.97. The first-order valence-corrected chi connectivity index (χ1v) is 3.60. The number of hydrogen-bond donors (Lipinski definition) is 0. The SMILES string of the molecule is CC(=O)c1ccc2c(c1)C=C2. The average molecular weight is 144 g/mol. The van der Waals surface area contributed by atoms with E-state index in [-0.39, 0.29) is 5.78 Å². The summed E-state index contributed by atoms with van der Waals surface area (Å²) in [5.74, 6) is 0.133. The summed E-state index contributed by atoms with van der Waals surface area (Å²) in [6.07, 6.45) is 4.06. The molecule has 0 unspecified atom stereocenters. The Hall–Kier alpha value is -1.37. The number of fused-ring (bicyclic) bond motifs is 1. The molecule has 2 rings (SSSR count). The van der Waals surface area contributed by atoms with Crippen molar-refractivity contribution in [3.05, 3.63) is 34.9 Å². The lowest BCUT2D eigenvalue weighted by Gasteiger charge is -2.10. The molecule has 0 spiro atoms. The van der Waals surface area contributed by atoms with Gasteiger partial charge in [-0.2, -0.15) is 0 Å².